The van der Waals surface area contributed by atoms with Crippen molar-refractivity contribution >= 4 is 33.2 Å². The average molecular weight is 414 g/mol. The molecule has 7 heteroatoms. The summed E-state index contributed by atoms with van der Waals surface area (Å²) in [4.78, 5) is 4.39. The molecule has 130 valence electrons. The molecule has 2 rings (SSSR count). The second-order valence-corrected chi connectivity index (χ2v) is 7.27. The van der Waals surface area contributed by atoms with Crippen molar-refractivity contribution in [3.05, 3.63) is 56.4 Å². The molecule has 0 bridgehead atoms. The van der Waals surface area contributed by atoms with E-state index < -0.39 is 5.60 Å². The molecule has 0 aliphatic rings. The Balaban J connectivity index is 2.03. The summed E-state index contributed by atoms with van der Waals surface area (Å²) in [5, 5.41) is 20.6. The van der Waals surface area contributed by atoms with E-state index >= 15 is 0 Å². The first-order valence-corrected chi connectivity index (χ1v) is 9.37. The first kappa shape index (κ1) is 18.9. The standard InChI is InChI=1S/C17H21BrFN3OS/c1-3-20-16(21-9-12-4-5-14(18)8-15(12)19)22-11-17(2,23)13-6-7-24-10-13/h4-8,10,23H,3,9,11H2,1-2H3,(H2,20,21,22). The molecule has 3 N–H and O–H groups in total. The summed E-state index contributed by atoms with van der Waals surface area (Å²) in [7, 11) is 0. The number of rotatable bonds is 6. The quantitative estimate of drug-likeness (QED) is 0.500. The molecule has 1 heterocycles. The van der Waals surface area contributed by atoms with Crippen LogP contribution in [-0.2, 0) is 12.1 Å². The van der Waals surface area contributed by atoms with Gasteiger partial charge in [-0.05, 0) is 48.4 Å². The zero-order valence-electron chi connectivity index (χ0n) is 13.6. The van der Waals surface area contributed by atoms with Crippen molar-refractivity contribution in [3.8, 4) is 0 Å². The minimum atomic E-state index is -1.00. The van der Waals surface area contributed by atoms with Crippen LogP contribution < -0.4 is 10.6 Å². The summed E-state index contributed by atoms with van der Waals surface area (Å²) in [6.45, 7) is 4.90. The predicted molar refractivity (Wildman–Crippen MR) is 101 cm³/mol. The third-order valence-electron chi connectivity index (χ3n) is 3.51. The van der Waals surface area contributed by atoms with E-state index in [2.05, 4.69) is 31.6 Å². The highest BCUT2D eigenvalue weighted by Crippen LogP contribution is 2.22. The lowest BCUT2D eigenvalue weighted by molar-refractivity contribution is 0.0621. The van der Waals surface area contributed by atoms with Crippen LogP contribution in [-0.4, -0.2) is 24.2 Å². The molecule has 0 spiro atoms. The Bertz CT molecular complexity index is 689. The molecule has 0 saturated heterocycles. The Morgan fingerprint density at radius 3 is 2.79 bits per heavy atom. The number of aliphatic imine (C=N–C) groups is 1. The lowest BCUT2D eigenvalue weighted by atomic mass is 9.99. The molecule has 0 amide bonds. The molecule has 0 saturated carbocycles. The fraction of sp³-hybridized carbons (Fsp3) is 0.353. The zero-order chi connectivity index (χ0) is 17.6. The van der Waals surface area contributed by atoms with Crippen LogP contribution >= 0.6 is 27.3 Å². The van der Waals surface area contributed by atoms with Gasteiger partial charge in [-0.3, -0.25) is 0 Å². The molecule has 1 atom stereocenters. The van der Waals surface area contributed by atoms with E-state index in [0.717, 1.165) is 5.56 Å². The van der Waals surface area contributed by atoms with Gasteiger partial charge >= 0.3 is 0 Å². The Morgan fingerprint density at radius 2 is 2.17 bits per heavy atom. The van der Waals surface area contributed by atoms with Crippen molar-refractivity contribution in [3.63, 3.8) is 0 Å². The van der Waals surface area contributed by atoms with Gasteiger partial charge in [0.15, 0.2) is 5.96 Å². The van der Waals surface area contributed by atoms with E-state index in [4.69, 9.17) is 0 Å². The molecular weight excluding hydrogens is 393 g/mol. The number of thiophene rings is 1. The molecule has 1 unspecified atom stereocenters. The first-order chi connectivity index (χ1) is 11.4. The molecule has 1 aromatic heterocycles. The van der Waals surface area contributed by atoms with E-state index in [9.17, 15) is 9.50 Å². The number of guanidine groups is 1. The number of aliphatic hydroxyl groups is 1. The Labute approximate surface area is 154 Å². The second kappa shape index (κ2) is 8.60. The zero-order valence-corrected chi connectivity index (χ0v) is 16.0. The molecule has 1 aromatic carbocycles. The van der Waals surface area contributed by atoms with Crippen LogP contribution in [0.2, 0.25) is 0 Å². The van der Waals surface area contributed by atoms with Gasteiger partial charge in [0, 0.05) is 16.6 Å². The van der Waals surface area contributed by atoms with Gasteiger partial charge in [0.2, 0.25) is 0 Å². The maximum Gasteiger partial charge on any atom is 0.191 e. The van der Waals surface area contributed by atoms with Crippen molar-refractivity contribution in [1.82, 2.24) is 10.6 Å². The van der Waals surface area contributed by atoms with E-state index in [1.165, 1.54) is 6.07 Å². The topological polar surface area (TPSA) is 56.7 Å². The lowest BCUT2D eigenvalue weighted by Crippen LogP contribution is -2.44. The fourth-order valence-electron chi connectivity index (χ4n) is 2.08. The van der Waals surface area contributed by atoms with Gasteiger partial charge in [0.1, 0.15) is 11.4 Å². The number of benzene rings is 1. The molecule has 4 nitrogen and oxygen atoms in total. The molecule has 24 heavy (non-hydrogen) atoms. The molecule has 0 aliphatic carbocycles. The van der Waals surface area contributed by atoms with Crippen molar-refractivity contribution in [2.24, 2.45) is 4.99 Å². The van der Waals surface area contributed by atoms with Crippen molar-refractivity contribution in [1.29, 1.82) is 0 Å². The normalized spacial score (nSPS) is 14.3. The van der Waals surface area contributed by atoms with Crippen molar-refractivity contribution in [2.45, 2.75) is 26.0 Å². The smallest absolute Gasteiger partial charge is 0.191 e. The molecule has 0 fully saturated rings. The lowest BCUT2D eigenvalue weighted by Gasteiger charge is -2.24. The summed E-state index contributed by atoms with van der Waals surface area (Å²) < 4.78 is 14.6. The largest absolute Gasteiger partial charge is 0.384 e. The highest BCUT2D eigenvalue weighted by atomic mass is 79.9. The van der Waals surface area contributed by atoms with Crippen LogP contribution in [0, 0.1) is 5.82 Å². The molecule has 0 radical (unpaired) electrons. The predicted octanol–water partition coefficient (Wildman–Crippen LogP) is 3.61. The Hall–Kier alpha value is -1.44. The maximum absolute atomic E-state index is 13.9. The fourth-order valence-corrected chi connectivity index (χ4v) is 3.20. The number of hydrogen-bond donors (Lipinski definition) is 3. The van der Waals surface area contributed by atoms with E-state index in [-0.39, 0.29) is 12.4 Å². The maximum atomic E-state index is 13.9. The van der Waals surface area contributed by atoms with E-state index in [1.807, 2.05) is 23.8 Å². The van der Waals surface area contributed by atoms with Gasteiger partial charge < -0.3 is 15.7 Å². The monoisotopic (exact) mass is 413 g/mol. The van der Waals surface area contributed by atoms with Crippen LogP contribution in [0.15, 0.2) is 44.5 Å². The third-order valence-corrected chi connectivity index (χ3v) is 4.69. The van der Waals surface area contributed by atoms with Crippen molar-refractivity contribution < 1.29 is 9.50 Å². The number of nitrogens with one attached hydrogen (secondary N) is 2. The minimum Gasteiger partial charge on any atom is -0.384 e. The van der Waals surface area contributed by atoms with Crippen LogP contribution in [0.4, 0.5) is 4.39 Å². The first-order valence-electron chi connectivity index (χ1n) is 7.63. The van der Waals surface area contributed by atoms with Crippen LogP contribution in [0.1, 0.15) is 25.0 Å². The van der Waals surface area contributed by atoms with Gasteiger partial charge in [0.25, 0.3) is 0 Å². The van der Waals surface area contributed by atoms with Gasteiger partial charge in [-0.15, -0.1) is 0 Å². The van der Waals surface area contributed by atoms with Gasteiger partial charge in [-0.1, -0.05) is 22.0 Å². The van der Waals surface area contributed by atoms with Crippen LogP contribution in [0.3, 0.4) is 0 Å². The summed E-state index contributed by atoms with van der Waals surface area (Å²) in [6, 6.07) is 6.81. The number of hydrogen-bond acceptors (Lipinski definition) is 3. The van der Waals surface area contributed by atoms with E-state index in [0.29, 0.717) is 29.1 Å². The Morgan fingerprint density at radius 1 is 1.38 bits per heavy atom. The summed E-state index contributed by atoms with van der Waals surface area (Å²) in [5.74, 6) is 0.240. The van der Waals surface area contributed by atoms with E-state index in [1.54, 1.807) is 30.4 Å². The Kier molecular flexibility index (Phi) is 6.77. The summed E-state index contributed by atoms with van der Waals surface area (Å²) in [6.07, 6.45) is 0. The highest BCUT2D eigenvalue weighted by Gasteiger charge is 2.23. The third kappa shape index (κ3) is 5.29. The number of nitrogens with zero attached hydrogens (tertiary/aromatic N) is 1. The SMILES string of the molecule is CCNC(=NCc1ccc(Br)cc1F)NCC(C)(O)c1ccsc1. The second-order valence-electron chi connectivity index (χ2n) is 5.57. The van der Waals surface area contributed by atoms with Gasteiger partial charge in [0.05, 0.1) is 13.1 Å². The van der Waals surface area contributed by atoms with Crippen molar-refractivity contribution in [2.75, 3.05) is 13.1 Å². The number of halogens is 2. The molecule has 2 aromatic rings. The highest BCUT2D eigenvalue weighted by molar-refractivity contribution is 9.10. The summed E-state index contributed by atoms with van der Waals surface area (Å²) >= 11 is 4.78. The average Bonchev–Trinajstić information content (AvgIpc) is 3.07. The van der Waals surface area contributed by atoms with Gasteiger partial charge in [-0.25, -0.2) is 9.38 Å². The minimum absolute atomic E-state index is 0.217. The molecule has 0 aliphatic heterocycles. The van der Waals surface area contributed by atoms with Gasteiger partial charge in [-0.2, -0.15) is 11.3 Å². The van der Waals surface area contributed by atoms with Crippen LogP contribution in [0.5, 0.6) is 0 Å². The van der Waals surface area contributed by atoms with Crippen LogP contribution in [0.25, 0.3) is 0 Å². The molecular formula is C17H21BrFN3OS. The summed E-state index contributed by atoms with van der Waals surface area (Å²) in [5.41, 5.74) is 0.369.